The monoisotopic (exact) mass is 477 g/mol. The Balaban J connectivity index is 1.39. The maximum absolute atomic E-state index is 11.5. The predicted molar refractivity (Wildman–Crippen MR) is 135 cm³/mol. The molecule has 2 aliphatic rings. The predicted octanol–water partition coefficient (Wildman–Crippen LogP) is 4.01. The van der Waals surface area contributed by atoms with E-state index in [1.807, 2.05) is 0 Å². The first-order chi connectivity index (χ1) is 16.3. The van der Waals surface area contributed by atoms with E-state index in [9.17, 15) is 13.5 Å². The molecule has 0 aromatic heterocycles. The van der Waals surface area contributed by atoms with Crippen molar-refractivity contribution in [1.29, 1.82) is 0 Å². The number of benzene rings is 3. The SMILES string of the molecule is Cc1ccccc1-c1ccc2c(c1)C1(CCCC1)CN2C(O)NCc1ccc(S(N)(=O)=O)cc1. The third-order valence-corrected chi connectivity index (χ3v) is 8.33. The fourth-order valence-corrected chi connectivity index (χ4v) is 6.10. The molecule has 4 N–H and O–H groups in total. The minimum atomic E-state index is -3.71. The largest absolute Gasteiger partial charge is 0.361 e. The van der Waals surface area contributed by atoms with Gasteiger partial charge in [0.05, 0.1) is 4.90 Å². The summed E-state index contributed by atoms with van der Waals surface area (Å²) in [6.07, 6.45) is 3.84. The van der Waals surface area contributed by atoms with Crippen molar-refractivity contribution in [1.82, 2.24) is 5.32 Å². The van der Waals surface area contributed by atoms with E-state index in [0.29, 0.717) is 6.54 Å². The first kappa shape index (κ1) is 23.1. The molecular weight excluding hydrogens is 446 g/mol. The lowest BCUT2D eigenvalue weighted by Crippen LogP contribution is -2.46. The zero-order valence-electron chi connectivity index (χ0n) is 19.4. The number of sulfonamides is 1. The van der Waals surface area contributed by atoms with E-state index in [4.69, 9.17) is 5.14 Å². The molecule has 5 rings (SSSR count). The maximum Gasteiger partial charge on any atom is 0.238 e. The number of nitrogens with one attached hydrogen (secondary N) is 1. The number of fused-ring (bicyclic) bond motifs is 2. The number of hydrogen-bond acceptors (Lipinski definition) is 5. The van der Waals surface area contributed by atoms with Gasteiger partial charge in [-0.15, -0.1) is 0 Å². The third kappa shape index (κ3) is 4.25. The van der Waals surface area contributed by atoms with Gasteiger partial charge in [-0.3, -0.25) is 5.32 Å². The van der Waals surface area contributed by atoms with E-state index in [2.05, 4.69) is 59.6 Å². The number of aliphatic hydroxyl groups excluding tert-OH is 1. The molecule has 34 heavy (non-hydrogen) atoms. The normalized spacial score (nSPS) is 17.8. The van der Waals surface area contributed by atoms with Gasteiger partial charge in [-0.05, 0) is 71.8 Å². The van der Waals surface area contributed by atoms with Crippen molar-refractivity contribution in [2.45, 2.75) is 55.8 Å². The number of anilines is 1. The van der Waals surface area contributed by atoms with Crippen molar-refractivity contribution in [3.05, 3.63) is 83.4 Å². The molecule has 1 fully saturated rings. The molecule has 0 saturated heterocycles. The summed E-state index contributed by atoms with van der Waals surface area (Å²) in [7, 11) is -3.71. The quantitative estimate of drug-likeness (QED) is 0.466. The first-order valence-electron chi connectivity index (χ1n) is 11.8. The summed E-state index contributed by atoms with van der Waals surface area (Å²) in [4.78, 5) is 2.15. The van der Waals surface area contributed by atoms with Crippen LogP contribution in [0.25, 0.3) is 11.1 Å². The molecule has 3 aromatic carbocycles. The van der Waals surface area contributed by atoms with Gasteiger partial charge in [0.25, 0.3) is 0 Å². The minimum absolute atomic E-state index is 0.0772. The van der Waals surface area contributed by atoms with Crippen LogP contribution in [0, 0.1) is 6.92 Å². The maximum atomic E-state index is 11.5. The van der Waals surface area contributed by atoms with Crippen LogP contribution in [0.15, 0.2) is 71.6 Å². The Morgan fingerprint density at radius 2 is 1.76 bits per heavy atom. The number of aryl methyl sites for hydroxylation is 1. The average Bonchev–Trinajstić information content (AvgIpc) is 3.43. The van der Waals surface area contributed by atoms with Crippen LogP contribution < -0.4 is 15.4 Å². The number of primary sulfonamides is 1. The van der Waals surface area contributed by atoms with E-state index >= 15 is 0 Å². The molecule has 0 bridgehead atoms. The molecule has 1 spiro atoms. The van der Waals surface area contributed by atoms with E-state index in [0.717, 1.165) is 30.6 Å². The Morgan fingerprint density at radius 1 is 1.06 bits per heavy atom. The number of rotatable bonds is 6. The lowest BCUT2D eigenvalue weighted by atomic mass is 9.80. The Kier molecular flexibility index (Phi) is 5.98. The highest BCUT2D eigenvalue weighted by Gasteiger charge is 2.46. The van der Waals surface area contributed by atoms with Gasteiger partial charge in [-0.25, -0.2) is 13.6 Å². The minimum Gasteiger partial charge on any atom is -0.361 e. The van der Waals surface area contributed by atoms with Gasteiger partial charge >= 0.3 is 0 Å². The zero-order chi connectivity index (χ0) is 23.9. The summed E-state index contributed by atoms with van der Waals surface area (Å²) >= 11 is 0. The zero-order valence-corrected chi connectivity index (χ0v) is 20.2. The smallest absolute Gasteiger partial charge is 0.238 e. The highest BCUT2D eigenvalue weighted by molar-refractivity contribution is 7.89. The molecule has 1 saturated carbocycles. The summed E-state index contributed by atoms with van der Waals surface area (Å²) < 4.78 is 22.9. The molecule has 178 valence electrons. The topological polar surface area (TPSA) is 95.7 Å². The van der Waals surface area contributed by atoms with Crippen LogP contribution in [-0.4, -0.2) is 26.4 Å². The molecule has 1 aliphatic heterocycles. The second kappa shape index (κ2) is 8.82. The van der Waals surface area contributed by atoms with Crippen molar-refractivity contribution in [2.75, 3.05) is 11.4 Å². The molecule has 1 atom stereocenters. The lowest BCUT2D eigenvalue weighted by molar-refractivity contribution is 0.128. The van der Waals surface area contributed by atoms with Gasteiger partial charge in [0.1, 0.15) is 0 Å². The second-order valence-electron chi connectivity index (χ2n) is 9.61. The summed E-state index contributed by atoms with van der Waals surface area (Å²) in [6, 6.07) is 21.5. The number of aliphatic hydroxyl groups is 1. The van der Waals surface area contributed by atoms with Crippen molar-refractivity contribution in [3.63, 3.8) is 0 Å². The van der Waals surface area contributed by atoms with Crippen molar-refractivity contribution in [2.24, 2.45) is 5.14 Å². The summed E-state index contributed by atoms with van der Waals surface area (Å²) in [5, 5.41) is 19.5. The molecule has 6 nitrogen and oxygen atoms in total. The van der Waals surface area contributed by atoms with Gasteiger partial charge < -0.3 is 10.0 Å². The molecule has 1 aliphatic carbocycles. The average molecular weight is 478 g/mol. The molecule has 0 amide bonds. The first-order valence-corrected chi connectivity index (χ1v) is 13.3. The van der Waals surface area contributed by atoms with Crippen LogP contribution in [0.5, 0.6) is 0 Å². The third-order valence-electron chi connectivity index (χ3n) is 7.40. The highest BCUT2D eigenvalue weighted by atomic mass is 32.2. The van der Waals surface area contributed by atoms with Crippen LogP contribution in [-0.2, 0) is 22.0 Å². The molecule has 3 aromatic rings. The van der Waals surface area contributed by atoms with Gasteiger partial charge in [0.15, 0.2) is 6.35 Å². The fourth-order valence-electron chi connectivity index (χ4n) is 5.59. The van der Waals surface area contributed by atoms with Crippen LogP contribution in [0.3, 0.4) is 0 Å². The lowest BCUT2D eigenvalue weighted by Gasteiger charge is -2.29. The second-order valence-corrected chi connectivity index (χ2v) is 11.2. The molecular formula is C27H31N3O3S. The Hall–Kier alpha value is -2.71. The van der Waals surface area contributed by atoms with E-state index in [1.54, 1.807) is 12.1 Å². The summed E-state index contributed by atoms with van der Waals surface area (Å²) in [6.45, 7) is 3.34. The van der Waals surface area contributed by atoms with Crippen LogP contribution >= 0.6 is 0 Å². The molecule has 1 unspecified atom stereocenters. The van der Waals surface area contributed by atoms with Gasteiger partial charge in [-0.2, -0.15) is 0 Å². The Bertz CT molecular complexity index is 1300. The van der Waals surface area contributed by atoms with Gasteiger partial charge in [0.2, 0.25) is 10.0 Å². The van der Waals surface area contributed by atoms with Crippen molar-refractivity contribution < 1.29 is 13.5 Å². The van der Waals surface area contributed by atoms with Gasteiger partial charge in [-0.1, -0.05) is 55.3 Å². The highest BCUT2D eigenvalue weighted by Crippen LogP contribution is 2.51. The van der Waals surface area contributed by atoms with Crippen LogP contribution in [0.2, 0.25) is 0 Å². The number of nitrogens with zero attached hydrogens (tertiary/aromatic N) is 1. The van der Waals surface area contributed by atoms with Crippen LogP contribution in [0.4, 0.5) is 5.69 Å². The molecule has 7 heteroatoms. The van der Waals surface area contributed by atoms with Crippen molar-refractivity contribution in [3.8, 4) is 11.1 Å². The van der Waals surface area contributed by atoms with Gasteiger partial charge in [0, 0.05) is 24.2 Å². The van der Waals surface area contributed by atoms with Crippen LogP contribution in [0.1, 0.15) is 42.4 Å². The standard InChI is InChI=1S/C27H31N3O3S/c1-19-6-2-3-7-23(19)21-10-13-25-24(16-21)27(14-4-5-15-27)18-30(25)26(31)29-17-20-8-11-22(12-9-20)34(28,32)33/h2-3,6-13,16,26,29,31H,4-5,14-15,17-18H2,1H3,(H2,28,32,33). The summed E-state index contributed by atoms with van der Waals surface area (Å²) in [5.41, 5.74) is 7.10. The number of hydrogen-bond donors (Lipinski definition) is 3. The Labute approximate surface area is 201 Å². The summed E-state index contributed by atoms with van der Waals surface area (Å²) in [5.74, 6) is 0. The number of nitrogens with two attached hydrogens (primary N) is 1. The Morgan fingerprint density at radius 3 is 2.44 bits per heavy atom. The molecule has 1 heterocycles. The van der Waals surface area contributed by atoms with E-state index in [1.165, 1.54) is 47.2 Å². The fraction of sp³-hybridized carbons (Fsp3) is 0.333. The van der Waals surface area contributed by atoms with E-state index in [-0.39, 0.29) is 10.3 Å². The van der Waals surface area contributed by atoms with Crippen molar-refractivity contribution >= 4 is 15.7 Å². The van der Waals surface area contributed by atoms with E-state index < -0.39 is 16.4 Å². The molecule has 0 radical (unpaired) electrons.